The van der Waals surface area contributed by atoms with Crippen LogP contribution in [0.4, 0.5) is 0 Å². The van der Waals surface area contributed by atoms with Crippen LogP contribution in [-0.4, -0.2) is 13.2 Å². The fraction of sp³-hybridized carbons (Fsp3) is 0.714. The van der Waals surface area contributed by atoms with Crippen molar-refractivity contribution in [1.82, 2.24) is 0 Å². The van der Waals surface area contributed by atoms with Crippen molar-refractivity contribution in [3.8, 4) is 0 Å². The SMILES string of the molecule is C=CCCCC=CCOCCCCCC. The Morgan fingerprint density at radius 1 is 1.00 bits per heavy atom. The highest BCUT2D eigenvalue weighted by Gasteiger charge is 1.87. The van der Waals surface area contributed by atoms with Crippen molar-refractivity contribution >= 4 is 0 Å². The molecule has 0 rings (SSSR count). The smallest absolute Gasteiger partial charge is 0.0647 e. The summed E-state index contributed by atoms with van der Waals surface area (Å²) in [4.78, 5) is 0. The van der Waals surface area contributed by atoms with Crippen LogP contribution in [0.15, 0.2) is 24.8 Å². The molecule has 15 heavy (non-hydrogen) atoms. The summed E-state index contributed by atoms with van der Waals surface area (Å²) < 4.78 is 5.48. The fourth-order valence-corrected chi connectivity index (χ4v) is 1.35. The third-order valence-corrected chi connectivity index (χ3v) is 2.30. The van der Waals surface area contributed by atoms with Gasteiger partial charge in [-0.2, -0.15) is 0 Å². The minimum absolute atomic E-state index is 0.778. The zero-order valence-electron chi connectivity index (χ0n) is 10.2. The van der Waals surface area contributed by atoms with Gasteiger partial charge in [0.1, 0.15) is 0 Å². The number of ether oxygens (including phenoxy) is 1. The first-order chi connectivity index (χ1) is 7.41. The van der Waals surface area contributed by atoms with E-state index in [-0.39, 0.29) is 0 Å². The highest BCUT2D eigenvalue weighted by Crippen LogP contribution is 1.99. The van der Waals surface area contributed by atoms with Gasteiger partial charge in [-0.3, -0.25) is 0 Å². The van der Waals surface area contributed by atoms with Crippen LogP contribution in [0, 0.1) is 0 Å². The molecule has 0 aliphatic heterocycles. The molecule has 88 valence electrons. The Morgan fingerprint density at radius 2 is 1.87 bits per heavy atom. The maximum Gasteiger partial charge on any atom is 0.0647 e. The number of unbranched alkanes of at least 4 members (excludes halogenated alkanes) is 5. The van der Waals surface area contributed by atoms with Crippen molar-refractivity contribution in [3.05, 3.63) is 24.8 Å². The van der Waals surface area contributed by atoms with E-state index in [1.807, 2.05) is 6.08 Å². The van der Waals surface area contributed by atoms with Crippen molar-refractivity contribution in [2.45, 2.75) is 51.9 Å². The molecular weight excluding hydrogens is 184 g/mol. The molecular formula is C14H26O. The molecule has 0 atom stereocenters. The third kappa shape index (κ3) is 13.4. The molecule has 0 radical (unpaired) electrons. The summed E-state index contributed by atoms with van der Waals surface area (Å²) in [6.07, 6.45) is 14.9. The lowest BCUT2D eigenvalue weighted by Gasteiger charge is -2.00. The molecule has 0 saturated carbocycles. The normalized spacial score (nSPS) is 11.0. The highest BCUT2D eigenvalue weighted by atomic mass is 16.5. The maximum atomic E-state index is 5.48. The molecule has 0 aliphatic rings. The van der Waals surface area contributed by atoms with Crippen LogP contribution in [0.3, 0.4) is 0 Å². The fourth-order valence-electron chi connectivity index (χ4n) is 1.35. The van der Waals surface area contributed by atoms with Crippen molar-refractivity contribution in [3.63, 3.8) is 0 Å². The first kappa shape index (κ1) is 14.4. The molecule has 0 aromatic carbocycles. The second-order valence-corrected chi connectivity index (χ2v) is 3.83. The van der Waals surface area contributed by atoms with Gasteiger partial charge >= 0.3 is 0 Å². The molecule has 0 unspecified atom stereocenters. The van der Waals surface area contributed by atoms with Gasteiger partial charge in [0, 0.05) is 6.61 Å². The third-order valence-electron chi connectivity index (χ3n) is 2.30. The van der Waals surface area contributed by atoms with Crippen LogP contribution in [0.1, 0.15) is 51.9 Å². The Hall–Kier alpha value is -0.560. The molecule has 0 N–H and O–H groups in total. The summed E-state index contributed by atoms with van der Waals surface area (Å²) in [6.45, 7) is 7.62. The van der Waals surface area contributed by atoms with Crippen molar-refractivity contribution in [2.75, 3.05) is 13.2 Å². The summed E-state index contributed by atoms with van der Waals surface area (Å²) >= 11 is 0. The highest BCUT2D eigenvalue weighted by molar-refractivity contribution is 4.82. The molecule has 0 aromatic rings. The average molecular weight is 210 g/mol. The quantitative estimate of drug-likeness (QED) is 0.360. The Morgan fingerprint density at radius 3 is 2.60 bits per heavy atom. The van der Waals surface area contributed by atoms with Crippen molar-refractivity contribution < 1.29 is 4.74 Å². The lowest BCUT2D eigenvalue weighted by molar-refractivity contribution is 0.157. The maximum absolute atomic E-state index is 5.48. The topological polar surface area (TPSA) is 9.23 Å². The average Bonchev–Trinajstić information content (AvgIpc) is 2.26. The summed E-state index contributed by atoms with van der Waals surface area (Å²) in [7, 11) is 0. The van der Waals surface area contributed by atoms with E-state index in [1.165, 1.54) is 32.1 Å². The standard InChI is InChI=1S/C14H26O/c1-3-5-7-9-10-12-14-15-13-11-8-6-4-2/h3,10,12H,1,4-9,11,13-14H2,2H3. The molecule has 0 aliphatic carbocycles. The van der Waals surface area contributed by atoms with Crippen molar-refractivity contribution in [2.24, 2.45) is 0 Å². The van der Waals surface area contributed by atoms with Crippen LogP contribution in [0.2, 0.25) is 0 Å². The lowest BCUT2D eigenvalue weighted by Crippen LogP contribution is -1.94. The van der Waals surface area contributed by atoms with Gasteiger partial charge in [-0.05, 0) is 25.7 Å². The summed E-state index contributed by atoms with van der Waals surface area (Å²) in [5.74, 6) is 0. The van der Waals surface area contributed by atoms with Crippen LogP contribution in [0.25, 0.3) is 0 Å². The summed E-state index contributed by atoms with van der Waals surface area (Å²) in [6, 6.07) is 0. The molecule has 1 heteroatoms. The first-order valence-electron chi connectivity index (χ1n) is 6.25. The van der Waals surface area contributed by atoms with Crippen LogP contribution >= 0.6 is 0 Å². The van der Waals surface area contributed by atoms with E-state index in [2.05, 4.69) is 25.7 Å². The Labute approximate surface area is 95.2 Å². The predicted octanol–water partition coefficient (Wildman–Crippen LogP) is 4.50. The number of rotatable bonds is 11. The van der Waals surface area contributed by atoms with Crippen LogP contribution < -0.4 is 0 Å². The summed E-state index contributed by atoms with van der Waals surface area (Å²) in [5, 5.41) is 0. The lowest BCUT2D eigenvalue weighted by atomic mass is 10.2. The van der Waals surface area contributed by atoms with Gasteiger partial charge in [0.15, 0.2) is 0 Å². The zero-order valence-corrected chi connectivity index (χ0v) is 10.2. The Balaban J connectivity index is 2.99. The predicted molar refractivity (Wildman–Crippen MR) is 68.1 cm³/mol. The van der Waals surface area contributed by atoms with E-state index in [1.54, 1.807) is 0 Å². The molecule has 0 saturated heterocycles. The van der Waals surface area contributed by atoms with E-state index in [9.17, 15) is 0 Å². The van der Waals surface area contributed by atoms with Crippen molar-refractivity contribution in [1.29, 1.82) is 0 Å². The van der Waals surface area contributed by atoms with Gasteiger partial charge in [0.2, 0.25) is 0 Å². The minimum atomic E-state index is 0.778. The second kappa shape index (κ2) is 13.4. The van der Waals surface area contributed by atoms with Gasteiger partial charge < -0.3 is 4.74 Å². The van der Waals surface area contributed by atoms with Crippen LogP contribution in [-0.2, 0) is 4.74 Å². The number of hydrogen-bond acceptors (Lipinski definition) is 1. The summed E-state index contributed by atoms with van der Waals surface area (Å²) in [5.41, 5.74) is 0. The van der Waals surface area contributed by atoms with Gasteiger partial charge in [-0.15, -0.1) is 6.58 Å². The monoisotopic (exact) mass is 210 g/mol. The molecule has 0 bridgehead atoms. The van der Waals surface area contributed by atoms with Gasteiger partial charge in [0.25, 0.3) is 0 Å². The largest absolute Gasteiger partial charge is 0.377 e. The van der Waals surface area contributed by atoms with Gasteiger partial charge in [-0.1, -0.05) is 44.4 Å². The number of allylic oxidation sites excluding steroid dienone is 2. The minimum Gasteiger partial charge on any atom is -0.377 e. The van der Waals surface area contributed by atoms with E-state index in [0.29, 0.717) is 0 Å². The number of hydrogen-bond donors (Lipinski definition) is 0. The van der Waals surface area contributed by atoms with Gasteiger partial charge in [-0.25, -0.2) is 0 Å². The van der Waals surface area contributed by atoms with E-state index in [0.717, 1.165) is 26.1 Å². The van der Waals surface area contributed by atoms with Gasteiger partial charge in [0.05, 0.1) is 6.61 Å². The van der Waals surface area contributed by atoms with E-state index < -0.39 is 0 Å². The molecule has 0 spiro atoms. The first-order valence-corrected chi connectivity index (χ1v) is 6.25. The zero-order chi connectivity index (χ0) is 11.2. The Bertz CT molecular complexity index is 149. The molecule has 1 nitrogen and oxygen atoms in total. The molecule has 0 amide bonds. The van der Waals surface area contributed by atoms with E-state index in [4.69, 9.17) is 4.74 Å². The molecule has 0 heterocycles. The van der Waals surface area contributed by atoms with Crippen LogP contribution in [0.5, 0.6) is 0 Å². The van der Waals surface area contributed by atoms with E-state index >= 15 is 0 Å². The second-order valence-electron chi connectivity index (χ2n) is 3.83. The molecule has 0 aromatic heterocycles. The Kier molecular flexibility index (Phi) is 12.9. The molecule has 0 fully saturated rings.